The van der Waals surface area contributed by atoms with Crippen molar-refractivity contribution in [3.05, 3.63) is 9.21 Å². The highest BCUT2D eigenvalue weighted by molar-refractivity contribution is 9.13. The minimum Gasteiger partial charge on any atom is -0.314 e. The van der Waals surface area contributed by atoms with Gasteiger partial charge >= 0.3 is 0 Å². The van der Waals surface area contributed by atoms with E-state index in [0.29, 0.717) is 6.04 Å². The first-order valence-electron chi connectivity index (χ1n) is 3.76. The lowest BCUT2D eigenvalue weighted by atomic mass is 10.3. The minimum absolute atomic E-state index is 0.410. The molecule has 1 aromatic rings. The topological polar surface area (TPSA) is 42.7 Å². The number of hydrogen-bond donors (Lipinski definition) is 1. The summed E-state index contributed by atoms with van der Waals surface area (Å²) in [6, 6.07) is 0.410. The zero-order chi connectivity index (χ0) is 8.55. The normalized spacial score (nSPS) is 23.3. The van der Waals surface area contributed by atoms with Crippen molar-refractivity contribution in [3.63, 3.8) is 0 Å². The van der Waals surface area contributed by atoms with Gasteiger partial charge in [-0.05, 0) is 44.8 Å². The quantitative estimate of drug-likeness (QED) is 0.850. The highest BCUT2D eigenvalue weighted by atomic mass is 79.9. The van der Waals surface area contributed by atoms with Crippen molar-refractivity contribution in [2.75, 3.05) is 13.1 Å². The molecule has 1 aliphatic heterocycles. The summed E-state index contributed by atoms with van der Waals surface area (Å²) in [6.45, 7) is 2.02. The summed E-state index contributed by atoms with van der Waals surface area (Å²) in [5.41, 5.74) is 0. The van der Waals surface area contributed by atoms with Gasteiger partial charge in [0.2, 0.25) is 0 Å². The maximum Gasteiger partial charge on any atom is 0.162 e. The Morgan fingerprint density at radius 1 is 1.33 bits per heavy atom. The van der Waals surface area contributed by atoms with Gasteiger partial charge in [0.1, 0.15) is 0 Å². The molecule has 0 amide bonds. The summed E-state index contributed by atoms with van der Waals surface area (Å²) in [5.74, 6) is 0. The Kier molecular flexibility index (Phi) is 2.47. The molecule has 2 rings (SSSR count). The Hall–Kier alpha value is 0.0600. The Morgan fingerprint density at radius 2 is 2.00 bits per heavy atom. The summed E-state index contributed by atoms with van der Waals surface area (Å²) < 4.78 is 1.55. The van der Waals surface area contributed by atoms with E-state index in [1.54, 1.807) is 4.80 Å². The fourth-order valence-electron chi connectivity index (χ4n) is 1.28. The third kappa shape index (κ3) is 1.55. The minimum atomic E-state index is 0.410. The fraction of sp³-hybridized carbons (Fsp3) is 0.667. The molecule has 66 valence electrons. The Bertz CT molecular complexity index is 260. The lowest BCUT2D eigenvalue weighted by Crippen LogP contribution is -2.15. The summed E-state index contributed by atoms with van der Waals surface area (Å²) in [5, 5.41) is 11.7. The van der Waals surface area contributed by atoms with Crippen molar-refractivity contribution in [3.8, 4) is 0 Å². The maximum absolute atomic E-state index is 4.23. The molecular formula is C6H8Br2N4. The lowest BCUT2D eigenvalue weighted by molar-refractivity contribution is 0.430. The van der Waals surface area contributed by atoms with Gasteiger partial charge in [0, 0.05) is 6.54 Å². The van der Waals surface area contributed by atoms with Crippen molar-refractivity contribution in [1.82, 2.24) is 20.3 Å². The van der Waals surface area contributed by atoms with Gasteiger partial charge in [-0.25, -0.2) is 0 Å². The number of halogens is 2. The van der Waals surface area contributed by atoms with Crippen LogP contribution < -0.4 is 5.32 Å². The van der Waals surface area contributed by atoms with Gasteiger partial charge in [0.15, 0.2) is 9.21 Å². The van der Waals surface area contributed by atoms with E-state index >= 15 is 0 Å². The zero-order valence-electron chi connectivity index (χ0n) is 6.30. The molecule has 2 heterocycles. The standard InChI is InChI=1S/C6H8Br2N4/c7-5-6(8)11-12(10-5)4-1-2-9-3-4/h4,9H,1-3H2. The molecule has 0 radical (unpaired) electrons. The van der Waals surface area contributed by atoms with Gasteiger partial charge in [-0.1, -0.05) is 0 Å². The van der Waals surface area contributed by atoms with Crippen LogP contribution in [-0.4, -0.2) is 28.1 Å². The lowest BCUT2D eigenvalue weighted by Gasteiger charge is -2.04. The van der Waals surface area contributed by atoms with E-state index in [9.17, 15) is 0 Å². The molecule has 0 saturated carbocycles. The van der Waals surface area contributed by atoms with E-state index < -0.39 is 0 Å². The van der Waals surface area contributed by atoms with E-state index in [4.69, 9.17) is 0 Å². The predicted molar refractivity (Wildman–Crippen MR) is 51.9 cm³/mol. The van der Waals surface area contributed by atoms with E-state index in [1.807, 2.05) is 0 Å². The highest BCUT2D eigenvalue weighted by Crippen LogP contribution is 2.21. The van der Waals surface area contributed by atoms with Gasteiger partial charge in [-0.15, -0.1) is 10.2 Å². The number of rotatable bonds is 1. The van der Waals surface area contributed by atoms with Gasteiger partial charge in [-0.3, -0.25) is 0 Å². The monoisotopic (exact) mass is 294 g/mol. The maximum atomic E-state index is 4.23. The van der Waals surface area contributed by atoms with Crippen LogP contribution in [0.4, 0.5) is 0 Å². The van der Waals surface area contributed by atoms with E-state index in [2.05, 4.69) is 47.4 Å². The summed E-state index contributed by atoms with van der Waals surface area (Å²) in [7, 11) is 0. The first-order valence-corrected chi connectivity index (χ1v) is 5.34. The second kappa shape index (κ2) is 3.43. The van der Waals surface area contributed by atoms with Crippen LogP contribution in [-0.2, 0) is 0 Å². The average Bonchev–Trinajstić information content (AvgIpc) is 2.61. The van der Waals surface area contributed by atoms with Crippen LogP contribution in [0.2, 0.25) is 0 Å². The Balaban J connectivity index is 2.21. The first kappa shape index (κ1) is 8.65. The zero-order valence-corrected chi connectivity index (χ0v) is 9.47. The van der Waals surface area contributed by atoms with E-state index in [1.165, 1.54) is 0 Å². The molecule has 1 fully saturated rings. The second-order valence-electron chi connectivity index (χ2n) is 2.75. The molecule has 0 bridgehead atoms. The van der Waals surface area contributed by atoms with Gasteiger partial charge in [0.25, 0.3) is 0 Å². The smallest absolute Gasteiger partial charge is 0.162 e. The third-order valence-electron chi connectivity index (χ3n) is 1.91. The number of nitrogens with one attached hydrogen (secondary N) is 1. The van der Waals surface area contributed by atoms with Gasteiger partial charge < -0.3 is 5.32 Å². The molecule has 1 atom stereocenters. The van der Waals surface area contributed by atoms with Gasteiger partial charge in [-0.2, -0.15) is 4.80 Å². The molecule has 1 N–H and O–H groups in total. The van der Waals surface area contributed by atoms with Crippen molar-refractivity contribution < 1.29 is 0 Å². The molecule has 6 heteroatoms. The summed E-state index contributed by atoms with van der Waals surface area (Å²) >= 11 is 6.60. The van der Waals surface area contributed by atoms with Crippen molar-refractivity contribution in [1.29, 1.82) is 0 Å². The molecule has 1 aliphatic rings. The largest absolute Gasteiger partial charge is 0.314 e. The summed E-state index contributed by atoms with van der Waals surface area (Å²) in [4.78, 5) is 1.76. The third-order valence-corrected chi connectivity index (χ3v) is 3.51. The molecule has 0 aliphatic carbocycles. The summed E-state index contributed by atoms with van der Waals surface area (Å²) in [6.07, 6.45) is 1.10. The van der Waals surface area contributed by atoms with Crippen LogP contribution in [0.25, 0.3) is 0 Å². The molecular weight excluding hydrogens is 288 g/mol. The molecule has 1 saturated heterocycles. The molecule has 0 spiro atoms. The average molecular weight is 296 g/mol. The number of aromatic nitrogens is 3. The van der Waals surface area contributed by atoms with Crippen LogP contribution in [0.3, 0.4) is 0 Å². The van der Waals surface area contributed by atoms with Crippen LogP contribution in [0.15, 0.2) is 9.21 Å². The van der Waals surface area contributed by atoms with Crippen LogP contribution in [0.5, 0.6) is 0 Å². The van der Waals surface area contributed by atoms with Crippen LogP contribution in [0, 0.1) is 0 Å². The molecule has 0 aromatic carbocycles. The van der Waals surface area contributed by atoms with E-state index in [0.717, 1.165) is 28.7 Å². The molecule has 1 unspecified atom stereocenters. The van der Waals surface area contributed by atoms with E-state index in [-0.39, 0.29) is 0 Å². The molecule has 1 aromatic heterocycles. The van der Waals surface area contributed by atoms with Crippen molar-refractivity contribution >= 4 is 31.9 Å². The number of hydrogen-bond acceptors (Lipinski definition) is 3. The SMILES string of the molecule is Brc1nn(C2CCNC2)nc1Br. The van der Waals surface area contributed by atoms with Crippen molar-refractivity contribution in [2.45, 2.75) is 12.5 Å². The second-order valence-corrected chi connectivity index (χ2v) is 4.25. The number of nitrogens with zero attached hydrogens (tertiary/aromatic N) is 3. The predicted octanol–water partition coefficient (Wildman–Crippen LogP) is 1.34. The highest BCUT2D eigenvalue weighted by Gasteiger charge is 2.19. The molecule has 4 nitrogen and oxygen atoms in total. The fourth-order valence-corrected chi connectivity index (χ4v) is 1.77. The Labute approximate surface area is 87.0 Å². The van der Waals surface area contributed by atoms with Crippen LogP contribution >= 0.6 is 31.9 Å². The van der Waals surface area contributed by atoms with Gasteiger partial charge in [0.05, 0.1) is 6.04 Å². The van der Waals surface area contributed by atoms with Crippen molar-refractivity contribution in [2.24, 2.45) is 0 Å². The van der Waals surface area contributed by atoms with Crippen LogP contribution in [0.1, 0.15) is 12.5 Å². The molecule has 12 heavy (non-hydrogen) atoms. The first-order chi connectivity index (χ1) is 5.77. The Morgan fingerprint density at radius 3 is 2.50 bits per heavy atom.